The largest absolute Gasteiger partial charge is 0.344 e. The lowest BCUT2D eigenvalue weighted by Crippen LogP contribution is -2.36. The van der Waals surface area contributed by atoms with E-state index < -0.39 is 29.5 Å². The Balaban J connectivity index is 1.57. The first-order valence-electron chi connectivity index (χ1n) is 10.7. The van der Waals surface area contributed by atoms with Crippen LogP contribution in [0.5, 0.6) is 0 Å². The third kappa shape index (κ3) is 3.91. The lowest BCUT2D eigenvalue weighted by atomic mass is 9.91. The van der Waals surface area contributed by atoms with Crippen molar-refractivity contribution in [3.05, 3.63) is 101 Å². The van der Waals surface area contributed by atoms with E-state index in [1.165, 1.54) is 18.2 Å². The highest BCUT2D eigenvalue weighted by Crippen LogP contribution is 2.40. The van der Waals surface area contributed by atoms with Crippen LogP contribution in [-0.4, -0.2) is 16.7 Å². The number of halogens is 2. The van der Waals surface area contributed by atoms with Crippen molar-refractivity contribution in [2.24, 2.45) is 5.92 Å². The van der Waals surface area contributed by atoms with E-state index >= 15 is 0 Å². The van der Waals surface area contributed by atoms with E-state index in [1.807, 2.05) is 6.07 Å². The fourth-order valence-electron chi connectivity index (χ4n) is 4.40. The Kier molecular flexibility index (Phi) is 5.24. The highest BCUT2D eigenvalue weighted by atomic mass is 19.1. The number of allylic oxidation sites excluding steroid dienone is 1. The quantitative estimate of drug-likeness (QED) is 0.626. The second kappa shape index (κ2) is 8.24. The van der Waals surface area contributed by atoms with E-state index in [-0.39, 0.29) is 12.3 Å². The summed E-state index contributed by atoms with van der Waals surface area (Å²) in [6, 6.07) is 15.3. The van der Waals surface area contributed by atoms with Crippen LogP contribution in [-0.2, 0) is 16.1 Å². The van der Waals surface area contributed by atoms with Crippen LogP contribution >= 0.6 is 0 Å². The van der Waals surface area contributed by atoms with Gasteiger partial charge in [0.1, 0.15) is 23.2 Å². The fraction of sp³-hybridized carbons (Fsp3) is 0.192. The van der Waals surface area contributed by atoms with Gasteiger partial charge in [-0.15, -0.1) is 0 Å². The van der Waals surface area contributed by atoms with Crippen LogP contribution in [0.4, 0.5) is 14.6 Å². The molecule has 7 heteroatoms. The molecule has 1 unspecified atom stereocenters. The highest BCUT2D eigenvalue weighted by Gasteiger charge is 2.44. The first kappa shape index (κ1) is 21.0. The van der Waals surface area contributed by atoms with E-state index in [2.05, 4.69) is 10.3 Å². The molecule has 1 amide bonds. The van der Waals surface area contributed by atoms with Crippen molar-refractivity contribution in [2.45, 2.75) is 25.9 Å². The SMILES string of the molecule is CC1=C(C(=O)N[C@H](c2cccc(F)c2)C2CC2=O)c2cccc(F)c2CN1c1ccccn1. The van der Waals surface area contributed by atoms with Crippen molar-refractivity contribution in [1.29, 1.82) is 0 Å². The number of hydrogen-bond acceptors (Lipinski definition) is 4. The Labute approximate surface area is 189 Å². The topological polar surface area (TPSA) is 62.3 Å². The van der Waals surface area contributed by atoms with Crippen molar-refractivity contribution >= 4 is 23.1 Å². The summed E-state index contributed by atoms with van der Waals surface area (Å²) in [6.07, 6.45) is 1.96. The lowest BCUT2D eigenvalue weighted by Gasteiger charge is -2.33. The molecule has 2 aromatic carbocycles. The lowest BCUT2D eigenvalue weighted by molar-refractivity contribution is -0.116. The summed E-state index contributed by atoms with van der Waals surface area (Å²) in [6.45, 7) is 2.02. The zero-order valence-corrected chi connectivity index (χ0v) is 17.9. The van der Waals surface area contributed by atoms with Gasteiger partial charge in [-0.2, -0.15) is 0 Å². The number of carbonyl (C=O) groups is 2. The normalized spacial score (nSPS) is 18.1. The Bertz CT molecular complexity index is 1290. The molecule has 5 nitrogen and oxygen atoms in total. The smallest absolute Gasteiger partial charge is 0.254 e. The van der Waals surface area contributed by atoms with Gasteiger partial charge in [0.25, 0.3) is 5.91 Å². The van der Waals surface area contributed by atoms with Gasteiger partial charge >= 0.3 is 0 Å². The zero-order chi connectivity index (χ0) is 23.1. The maximum atomic E-state index is 14.8. The van der Waals surface area contributed by atoms with E-state index in [1.54, 1.807) is 54.4 Å². The van der Waals surface area contributed by atoms with E-state index in [0.29, 0.717) is 40.2 Å². The average molecular weight is 445 g/mol. The third-order valence-electron chi connectivity index (χ3n) is 6.20. The summed E-state index contributed by atoms with van der Waals surface area (Å²) in [5.74, 6) is -1.10. The van der Waals surface area contributed by atoms with Crippen LogP contribution in [0, 0.1) is 17.6 Å². The number of anilines is 1. The summed E-state index contributed by atoms with van der Waals surface area (Å²) in [4.78, 5) is 31.7. The number of pyridine rings is 1. The number of fused-ring (bicyclic) bond motifs is 1. The van der Waals surface area contributed by atoms with Gasteiger partial charge in [-0.25, -0.2) is 13.8 Å². The standard InChI is InChI=1S/C26H21F2N3O2/c1-15-24(26(33)30-25(19-13-22(19)32)16-6-4-7-17(27)12-16)18-8-5-9-21(28)20(18)14-31(15)23-10-2-3-11-29-23/h2-12,19,25H,13-14H2,1H3,(H,30,33)/t19?,25-/m1/s1. The number of nitrogens with one attached hydrogen (secondary N) is 1. The van der Waals surface area contributed by atoms with Gasteiger partial charge in [-0.1, -0.05) is 30.3 Å². The molecule has 1 aliphatic heterocycles. The van der Waals surface area contributed by atoms with Gasteiger partial charge in [-0.3, -0.25) is 9.59 Å². The molecule has 1 aromatic heterocycles. The van der Waals surface area contributed by atoms with Crippen LogP contribution < -0.4 is 10.2 Å². The molecule has 1 saturated carbocycles. The van der Waals surface area contributed by atoms with Crippen molar-refractivity contribution in [1.82, 2.24) is 10.3 Å². The minimum Gasteiger partial charge on any atom is -0.344 e. The van der Waals surface area contributed by atoms with Crippen LogP contribution in [0.25, 0.3) is 5.57 Å². The number of amides is 1. The Morgan fingerprint density at radius 2 is 1.91 bits per heavy atom. The zero-order valence-electron chi connectivity index (χ0n) is 17.9. The fourth-order valence-corrected chi connectivity index (χ4v) is 4.40. The molecule has 1 fully saturated rings. The first-order valence-corrected chi connectivity index (χ1v) is 10.7. The summed E-state index contributed by atoms with van der Waals surface area (Å²) < 4.78 is 28.7. The Hall–Kier alpha value is -3.87. The molecular weight excluding hydrogens is 424 g/mol. The number of Topliss-reactive ketones (excluding diaryl/α,β-unsaturated/α-hetero) is 1. The molecule has 0 saturated heterocycles. The van der Waals surface area contributed by atoms with Crippen molar-refractivity contribution in [3.63, 3.8) is 0 Å². The minimum absolute atomic E-state index is 0.0143. The molecule has 3 aromatic rings. The summed E-state index contributed by atoms with van der Waals surface area (Å²) in [7, 11) is 0. The first-order chi connectivity index (χ1) is 15.9. The van der Waals surface area contributed by atoms with Crippen LogP contribution in [0.1, 0.15) is 36.1 Å². The maximum Gasteiger partial charge on any atom is 0.254 e. The van der Waals surface area contributed by atoms with E-state index in [4.69, 9.17) is 0 Å². The molecule has 2 atom stereocenters. The van der Waals surface area contributed by atoms with Crippen molar-refractivity contribution in [2.75, 3.05) is 4.90 Å². The number of ketones is 1. The van der Waals surface area contributed by atoms with Gasteiger partial charge in [0.15, 0.2) is 0 Å². The number of carbonyl (C=O) groups excluding carboxylic acids is 2. The van der Waals surface area contributed by atoms with E-state index in [9.17, 15) is 18.4 Å². The molecule has 2 aliphatic rings. The molecule has 33 heavy (non-hydrogen) atoms. The number of benzene rings is 2. The second-order valence-corrected chi connectivity index (χ2v) is 8.28. The predicted molar refractivity (Wildman–Crippen MR) is 120 cm³/mol. The van der Waals surface area contributed by atoms with Crippen LogP contribution in [0.3, 0.4) is 0 Å². The van der Waals surface area contributed by atoms with Crippen molar-refractivity contribution in [3.8, 4) is 0 Å². The number of aromatic nitrogens is 1. The molecule has 166 valence electrons. The maximum absolute atomic E-state index is 14.8. The van der Waals surface area contributed by atoms with E-state index in [0.717, 1.165) is 0 Å². The number of nitrogens with zero attached hydrogens (tertiary/aromatic N) is 2. The molecule has 2 heterocycles. The number of hydrogen-bond donors (Lipinski definition) is 1. The minimum atomic E-state index is -0.664. The van der Waals surface area contributed by atoms with Gasteiger partial charge < -0.3 is 10.2 Å². The molecule has 1 aliphatic carbocycles. The Morgan fingerprint density at radius 1 is 1.12 bits per heavy atom. The molecule has 5 rings (SSSR count). The van der Waals surface area contributed by atoms with Crippen LogP contribution in [0.15, 0.2) is 72.6 Å². The molecule has 1 N–H and O–H groups in total. The molecule has 0 bridgehead atoms. The third-order valence-corrected chi connectivity index (χ3v) is 6.20. The van der Waals surface area contributed by atoms with Crippen molar-refractivity contribution < 1.29 is 18.4 Å². The predicted octanol–water partition coefficient (Wildman–Crippen LogP) is 4.56. The second-order valence-electron chi connectivity index (χ2n) is 8.28. The summed E-state index contributed by atoms with van der Waals surface area (Å²) >= 11 is 0. The summed E-state index contributed by atoms with van der Waals surface area (Å²) in [5.41, 5.74) is 2.33. The highest BCUT2D eigenvalue weighted by molar-refractivity contribution is 6.22. The van der Waals surface area contributed by atoms with Gasteiger partial charge in [0.2, 0.25) is 0 Å². The Morgan fingerprint density at radius 3 is 2.61 bits per heavy atom. The molecule has 0 spiro atoms. The van der Waals surface area contributed by atoms with Crippen LogP contribution in [0.2, 0.25) is 0 Å². The van der Waals surface area contributed by atoms with Gasteiger partial charge in [-0.05, 0) is 48.4 Å². The summed E-state index contributed by atoms with van der Waals surface area (Å²) in [5, 5.41) is 2.93. The van der Waals surface area contributed by atoms with Gasteiger partial charge in [0.05, 0.1) is 18.2 Å². The molecule has 0 radical (unpaired) electrons. The monoisotopic (exact) mass is 445 g/mol. The van der Waals surface area contributed by atoms with Gasteiger partial charge in [0, 0.05) is 29.8 Å². The number of rotatable bonds is 5. The molecular formula is C26H21F2N3O2. The average Bonchev–Trinajstić information content (AvgIpc) is 3.53.